The Hall–Kier alpha value is -2.75. The van der Waals surface area contributed by atoms with Crippen LogP contribution < -0.4 is 4.74 Å². The molecule has 1 heterocycles. The Bertz CT molecular complexity index is 895. The summed E-state index contributed by atoms with van der Waals surface area (Å²) in [7, 11) is 1.49. The monoisotopic (exact) mass is 323 g/mol. The Balaban J connectivity index is 2.49. The van der Waals surface area contributed by atoms with Crippen molar-refractivity contribution in [1.82, 2.24) is 4.57 Å². The first-order chi connectivity index (χ1) is 11.6. The summed E-state index contributed by atoms with van der Waals surface area (Å²) in [5, 5.41) is 11.3. The normalized spacial score (nSPS) is 11.0. The van der Waals surface area contributed by atoms with Gasteiger partial charge < -0.3 is 14.4 Å². The molecule has 0 spiro atoms. The molecule has 0 aliphatic heterocycles. The molecule has 0 radical (unpaired) electrons. The highest BCUT2D eigenvalue weighted by Crippen LogP contribution is 2.43. The van der Waals surface area contributed by atoms with E-state index in [0.29, 0.717) is 16.7 Å². The number of aldehydes is 1. The molecule has 0 aliphatic rings. The van der Waals surface area contributed by atoms with Gasteiger partial charge in [0.05, 0.1) is 18.3 Å². The molecule has 0 atom stereocenters. The van der Waals surface area contributed by atoms with Gasteiger partial charge in [0.2, 0.25) is 0 Å². The van der Waals surface area contributed by atoms with E-state index in [0.717, 1.165) is 41.6 Å². The summed E-state index contributed by atoms with van der Waals surface area (Å²) in [6, 6.07) is 11.6. The van der Waals surface area contributed by atoms with E-state index in [9.17, 15) is 9.90 Å². The first-order valence-corrected chi connectivity index (χ1v) is 8.07. The number of phenols is 1. The first kappa shape index (κ1) is 16.1. The standard InChI is InChI=1S/C20H21NO3/c1-4-10-21-18(14-8-6-5-7-9-14)13(2)17-19(21)15(12-22)11-16(24-3)20(17)23/h5-9,11-12,23H,4,10H2,1-3H3. The maximum atomic E-state index is 11.7. The minimum Gasteiger partial charge on any atom is -0.504 e. The predicted octanol–water partition coefficient (Wildman–Crippen LogP) is 4.55. The number of carbonyl (C=O) groups is 1. The number of methoxy groups -OCH3 is 1. The zero-order valence-electron chi connectivity index (χ0n) is 14.2. The van der Waals surface area contributed by atoms with Gasteiger partial charge in [-0.05, 0) is 30.5 Å². The molecule has 1 N–H and O–H groups in total. The van der Waals surface area contributed by atoms with Gasteiger partial charge >= 0.3 is 0 Å². The Morgan fingerprint density at radius 1 is 1.25 bits per heavy atom. The van der Waals surface area contributed by atoms with Crippen LogP contribution in [0.15, 0.2) is 36.4 Å². The molecule has 0 bridgehead atoms. The highest BCUT2D eigenvalue weighted by Gasteiger charge is 2.23. The Morgan fingerprint density at radius 3 is 2.54 bits per heavy atom. The number of rotatable bonds is 5. The topological polar surface area (TPSA) is 51.5 Å². The lowest BCUT2D eigenvalue weighted by Crippen LogP contribution is -2.02. The summed E-state index contributed by atoms with van der Waals surface area (Å²) in [4.78, 5) is 11.7. The fraction of sp³-hybridized carbons (Fsp3) is 0.250. The molecular weight excluding hydrogens is 302 g/mol. The van der Waals surface area contributed by atoms with Crippen molar-refractivity contribution in [2.24, 2.45) is 0 Å². The summed E-state index contributed by atoms with van der Waals surface area (Å²) in [6.07, 6.45) is 1.75. The maximum Gasteiger partial charge on any atom is 0.167 e. The molecule has 0 saturated heterocycles. The fourth-order valence-corrected chi connectivity index (χ4v) is 3.40. The molecule has 0 unspecified atom stereocenters. The van der Waals surface area contributed by atoms with Crippen LogP contribution in [-0.2, 0) is 6.54 Å². The molecule has 4 nitrogen and oxygen atoms in total. The van der Waals surface area contributed by atoms with Gasteiger partial charge in [0.1, 0.15) is 0 Å². The molecule has 3 rings (SSSR count). The second kappa shape index (κ2) is 6.40. The molecule has 1 aromatic heterocycles. The van der Waals surface area contributed by atoms with Crippen LogP contribution in [0.5, 0.6) is 11.5 Å². The molecular formula is C20H21NO3. The SMILES string of the molecule is CCCn1c(-c2ccccc2)c(C)c2c(O)c(OC)cc(C=O)c21. The Kier molecular flexibility index (Phi) is 4.30. The molecule has 2 aromatic carbocycles. The highest BCUT2D eigenvalue weighted by atomic mass is 16.5. The molecule has 124 valence electrons. The van der Waals surface area contributed by atoms with Gasteiger partial charge in [0, 0.05) is 17.5 Å². The fourth-order valence-electron chi connectivity index (χ4n) is 3.40. The Labute approximate surface area is 141 Å². The average Bonchev–Trinajstić information content (AvgIpc) is 2.90. The van der Waals surface area contributed by atoms with Crippen molar-refractivity contribution in [2.45, 2.75) is 26.8 Å². The quantitative estimate of drug-likeness (QED) is 0.701. The number of hydrogen-bond acceptors (Lipinski definition) is 3. The zero-order valence-corrected chi connectivity index (χ0v) is 14.2. The smallest absolute Gasteiger partial charge is 0.167 e. The van der Waals surface area contributed by atoms with E-state index in [1.807, 2.05) is 37.3 Å². The van der Waals surface area contributed by atoms with Crippen LogP contribution in [0.3, 0.4) is 0 Å². The van der Waals surface area contributed by atoms with Crippen LogP contribution in [0.1, 0.15) is 29.3 Å². The van der Waals surface area contributed by atoms with Crippen LogP contribution in [-0.4, -0.2) is 23.1 Å². The molecule has 4 heteroatoms. The number of phenolic OH excluding ortho intramolecular Hbond substituents is 1. The van der Waals surface area contributed by atoms with Crippen molar-refractivity contribution >= 4 is 17.2 Å². The zero-order chi connectivity index (χ0) is 17.3. The van der Waals surface area contributed by atoms with Gasteiger partial charge in [-0.1, -0.05) is 37.3 Å². The van der Waals surface area contributed by atoms with Crippen LogP contribution >= 0.6 is 0 Å². The largest absolute Gasteiger partial charge is 0.504 e. The molecule has 24 heavy (non-hydrogen) atoms. The van der Waals surface area contributed by atoms with E-state index in [1.54, 1.807) is 6.07 Å². The number of nitrogens with zero attached hydrogens (tertiary/aromatic N) is 1. The van der Waals surface area contributed by atoms with Gasteiger partial charge in [0.15, 0.2) is 17.8 Å². The highest BCUT2D eigenvalue weighted by molar-refractivity contribution is 6.05. The number of fused-ring (bicyclic) bond motifs is 1. The van der Waals surface area contributed by atoms with Crippen LogP contribution in [0.2, 0.25) is 0 Å². The van der Waals surface area contributed by atoms with Crippen molar-refractivity contribution < 1.29 is 14.6 Å². The first-order valence-electron chi connectivity index (χ1n) is 8.07. The summed E-state index contributed by atoms with van der Waals surface area (Å²) in [5.74, 6) is 0.406. The van der Waals surface area contributed by atoms with Gasteiger partial charge in [0.25, 0.3) is 0 Å². The molecule has 0 saturated carbocycles. The number of hydrogen-bond donors (Lipinski definition) is 1. The van der Waals surface area contributed by atoms with E-state index >= 15 is 0 Å². The van der Waals surface area contributed by atoms with E-state index in [4.69, 9.17) is 4.74 Å². The molecule has 0 amide bonds. The van der Waals surface area contributed by atoms with Crippen molar-refractivity contribution in [3.8, 4) is 22.8 Å². The van der Waals surface area contributed by atoms with Crippen LogP contribution in [0, 0.1) is 6.92 Å². The number of aryl methyl sites for hydroxylation is 2. The third-order valence-corrected chi connectivity index (χ3v) is 4.38. The predicted molar refractivity (Wildman–Crippen MR) is 96.0 cm³/mol. The van der Waals surface area contributed by atoms with Gasteiger partial charge in [-0.15, -0.1) is 0 Å². The van der Waals surface area contributed by atoms with Crippen molar-refractivity contribution in [3.05, 3.63) is 47.5 Å². The lowest BCUT2D eigenvalue weighted by Gasteiger charge is -2.12. The van der Waals surface area contributed by atoms with Crippen LogP contribution in [0.25, 0.3) is 22.2 Å². The van der Waals surface area contributed by atoms with Gasteiger partial charge in [-0.3, -0.25) is 4.79 Å². The van der Waals surface area contributed by atoms with Gasteiger partial charge in [-0.25, -0.2) is 0 Å². The molecule has 3 aromatic rings. The third-order valence-electron chi connectivity index (χ3n) is 4.38. The number of ether oxygens (including phenoxy) is 1. The lowest BCUT2D eigenvalue weighted by molar-refractivity contribution is 0.112. The minimum absolute atomic E-state index is 0.0858. The summed E-state index contributed by atoms with van der Waals surface area (Å²) < 4.78 is 7.38. The van der Waals surface area contributed by atoms with Crippen molar-refractivity contribution in [1.29, 1.82) is 0 Å². The third kappa shape index (κ3) is 2.35. The van der Waals surface area contributed by atoms with E-state index in [2.05, 4.69) is 11.5 Å². The number of aromatic hydroxyl groups is 1. The second-order valence-electron chi connectivity index (χ2n) is 5.85. The lowest BCUT2D eigenvalue weighted by atomic mass is 10.0. The van der Waals surface area contributed by atoms with E-state index in [-0.39, 0.29) is 5.75 Å². The summed E-state index contributed by atoms with van der Waals surface area (Å²) in [6.45, 7) is 4.84. The number of benzene rings is 2. The second-order valence-corrected chi connectivity index (χ2v) is 5.85. The van der Waals surface area contributed by atoms with E-state index < -0.39 is 0 Å². The van der Waals surface area contributed by atoms with Crippen LogP contribution in [0.4, 0.5) is 0 Å². The number of carbonyl (C=O) groups excluding carboxylic acids is 1. The van der Waals surface area contributed by atoms with Crippen molar-refractivity contribution in [3.63, 3.8) is 0 Å². The molecule has 0 fully saturated rings. The number of aromatic nitrogens is 1. The Morgan fingerprint density at radius 2 is 1.96 bits per heavy atom. The summed E-state index contributed by atoms with van der Waals surface area (Å²) in [5.41, 5.74) is 4.33. The molecule has 0 aliphatic carbocycles. The summed E-state index contributed by atoms with van der Waals surface area (Å²) >= 11 is 0. The van der Waals surface area contributed by atoms with E-state index in [1.165, 1.54) is 7.11 Å². The van der Waals surface area contributed by atoms with Gasteiger partial charge in [-0.2, -0.15) is 0 Å². The average molecular weight is 323 g/mol. The minimum atomic E-state index is 0.0858. The van der Waals surface area contributed by atoms with Crippen molar-refractivity contribution in [2.75, 3.05) is 7.11 Å². The maximum absolute atomic E-state index is 11.7.